The Bertz CT molecular complexity index is 2990. The number of ether oxygens (including phenoxy) is 4. The summed E-state index contributed by atoms with van der Waals surface area (Å²) in [6, 6.07) is 0. The summed E-state index contributed by atoms with van der Waals surface area (Å²) in [5.74, 6) is -2.50. The minimum atomic E-state index is -5.04. The van der Waals surface area contributed by atoms with Gasteiger partial charge in [0.25, 0.3) is 0 Å². The summed E-state index contributed by atoms with van der Waals surface area (Å²) in [4.78, 5) is 73.1. The first kappa shape index (κ1) is 105. The van der Waals surface area contributed by atoms with E-state index in [-0.39, 0.29) is 25.7 Å². The third-order valence-electron chi connectivity index (χ3n) is 16.4. The summed E-state index contributed by atoms with van der Waals surface area (Å²) in [6.45, 7) is 4.32. The molecule has 19 heteroatoms. The van der Waals surface area contributed by atoms with Crippen molar-refractivity contribution in [2.75, 3.05) is 39.6 Å². The fourth-order valence-electron chi connectivity index (χ4n) is 10.1. The predicted molar refractivity (Wildman–Crippen MR) is 463 cm³/mol. The summed E-state index contributed by atoms with van der Waals surface area (Å²) in [7, 11) is -10.1. The number of carbonyl (C=O) groups excluding carboxylic acids is 4. The Balaban J connectivity index is 5.62. The molecule has 0 aliphatic rings. The van der Waals surface area contributed by atoms with Gasteiger partial charge in [-0.25, -0.2) is 9.13 Å². The molecule has 0 aliphatic carbocycles. The summed E-state index contributed by atoms with van der Waals surface area (Å²) in [5, 5.41) is 10.7. The molecule has 0 saturated carbocycles. The Morgan fingerprint density at radius 3 is 0.795 bits per heavy atom. The summed E-state index contributed by atoms with van der Waals surface area (Å²) in [5.41, 5.74) is 0. The highest BCUT2D eigenvalue weighted by Crippen LogP contribution is 2.45. The van der Waals surface area contributed by atoms with Gasteiger partial charge in [-0.15, -0.1) is 0 Å². The van der Waals surface area contributed by atoms with Gasteiger partial charge in [0.1, 0.15) is 19.3 Å². The van der Waals surface area contributed by atoms with Crippen LogP contribution in [-0.4, -0.2) is 96.7 Å². The number of carbonyl (C=O) groups is 4. The average molecular weight is 1600 g/mol. The quantitative estimate of drug-likeness (QED) is 0.0169. The fraction of sp³-hybridized carbons (Fsp3) is 0.570. The molecule has 0 fully saturated rings. The Labute approximate surface area is 677 Å². The second kappa shape index (κ2) is 82.4. The Hall–Kier alpha value is -6.62. The molecular weight excluding hydrogens is 1450 g/mol. The maximum absolute atomic E-state index is 13.1. The minimum absolute atomic E-state index is 0.00872. The maximum Gasteiger partial charge on any atom is 0.472 e. The Morgan fingerprint density at radius 2 is 0.482 bits per heavy atom. The van der Waals surface area contributed by atoms with Gasteiger partial charge in [0, 0.05) is 25.7 Å². The highest BCUT2D eigenvalue weighted by atomic mass is 31.2. The summed E-state index contributed by atoms with van der Waals surface area (Å²) in [6.07, 6.45) is 105. The number of allylic oxidation sites excluding steroid dienone is 36. The third-order valence-corrected chi connectivity index (χ3v) is 18.3. The molecule has 630 valence electrons. The molecule has 0 heterocycles. The molecule has 2 unspecified atom stereocenters. The molecule has 0 amide bonds. The fourth-order valence-corrected chi connectivity index (χ4v) is 11.7. The first-order chi connectivity index (χ1) is 54.7. The first-order valence-corrected chi connectivity index (χ1v) is 45.0. The van der Waals surface area contributed by atoms with Gasteiger partial charge in [-0.3, -0.25) is 37.3 Å². The van der Waals surface area contributed by atoms with Crippen LogP contribution in [0.4, 0.5) is 0 Å². The van der Waals surface area contributed by atoms with Crippen molar-refractivity contribution in [3.05, 3.63) is 219 Å². The largest absolute Gasteiger partial charge is 0.472 e. The Kier molecular flexibility index (Phi) is 77.5. The van der Waals surface area contributed by atoms with E-state index >= 15 is 0 Å². The molecule has 112 heavy (non-hydrogen) atoms. The van der Waals surface area contributed by atoms with Crippen LogP contribution >= 0.6 is 15.6 Å². The number of aliphatic hydroxyl groups excluding tert-OH is 1. The first-order valence-electron chi connectivity index (χ1n) is 42.0. The third kappa shape index (κ3) is 81.4. The lowest BCUT2D eigenvalue weighted by Gasteiger charge is -2.21. The number of unbranched alkanes of at least 4 members (excludes halogenated alkanes) is 14. The van der Waals surface area contributed by atoms with Crippen LogP contribution < -0.4 is 0 Å². The topological polar surface area (TPSA) is 237 Å². The number of hydrogen-bond acceptors (Lipinski definition) is 15. The number of hydrogen-bond donors (Lipinski definition) is 3. The Morgan fingerprint density at radius 1 is 0.259 bits per heavy atom. The van der Waals surface area contributed by atoms with Crippen LogP contribution in [0.15, 0.2) is 219 Å². The van der Waals surface area contributed by atoms with E-state index in [4.69, 9.17) is 37.0 Å². The van der Waals surface area contributed by atoms with E-state index in [1.165, 1.54) is 44.9 Å². The zero-order chi connectivity index (χ0) is 81.7. The number of phosphoric ester groups is 2. The normalized spacial score (nSPS) is 14.9. The van der Waals surface area contributed by atoms with Crippen LogP contribution in [-0.2, 0) is 65.4 Å². The second-order valence-corrected chi connectivity index (χ2v) is 29.8. The van der Waals surface area contributed by atoms with Crippen LogP contribution in [0.25, 0.3) is 0 Å². The van der Waals surface area contributed by atoms with Gasteiger partial charge in [-0.05, 0) is 167 Å². The molecule has 0 aromatic heterocycles. The summed E-state index contributed by atoms with van der Waals surface area (Å²) < 4.78 is 68.5. The van der Waals surface area contributed by atoms with Gasteiger partial charge in [0.2, 0.25) is 0 Å². The van der Waals surface area contributed by atoms with Crippen molar-refractivity contribution in [3.8, 4) is 0 Å². The SMILES string of the molecule is CC/C=C\C/C=C\C/C=C\C/C=C\C/C=C\C/C=C\CCC(=O)OC[C@H](COP(=O)(O)OC[C@@H](O)COP(=O)(O)OC[C@@H](COC(=O)CCCCCCCCC/C=C\CCCCCC)OC(=O)CC/C=C\C/C=C\C/C=C\C/C=C\C/C=C\CCCCC)OC(=O)CC/C=C\C/C=C\C/C=C\C/C=C\C/C=C\C/C=C\CC. The molecule has 17 nitrogen and oxygen atoms in total. The zero-order valence-corrected chi connectivity index (χ0v) is 70.8. The highest BCUT2D eigenvalue weighted by Gasteiger charge is 2.30. The molecule has 0 rings (SSSR count). The predicted octanol–water partition coefficient (Wildman–Crippen LogP) is 25.2. The van der Waals surface area contributed by atoms with E-state index < -0.39 is 97.5 Å². The zero-order valence-electron chi connectivity index (χ0n) is 69.0. The molecule has 5 atom stereocenters. The maximum atomic E-state index is 13.1. The van der Waals surface area contributed by atoms with Gasteiger partial charge in [0.15, 0.2) is 12.2 Å². The molecular formula is C93H146O17P2. The molecule has 0 saturated heterocycles. The lowest BCUT2D eigenvalue weighted by molar-refractivity contribution is -0.161. The smallest absolute Gasteiger partial charge is 0.462 e. The lowest BCUT2D eigenvalue weighted by Crippen LogP contribution is -2.30. The van der Waals surface area contributed by atoms with E-state index in [0.717, 1.165) is 141 Å². The van der Waals surface area contributed by atoms with Crippen molar-refractivity contribution < 1.29 is 80.2 Å². The van der Waals surface area contributed by atoms with E-state index in [1.807, 2.05) is 54.7 Å². The number of rotatable bonds is 76. The average Bonchev–Trinajstić information content (AvgIpc) is 0.908. The molecule has 0 bridgehead atoms. The van der Waals surface area contributed by atoms with Gasteiger partial charge in [-0.2, -0.15) is 0 Å². The van der Waals surface area contributed by atoms with Crippen molar-refractivity contribution >= 4 is 39.5 Å². The van der Waals surface area contributed by atoms with Crippen molar-refractivity contribution in [1.82, 2.24) is 0 Å². The van der Waals surface area contributed by atoms with Crippen molar-refractivity contribution in [1.29, 1.82) is 0 Å². The number of phosphoric acid groups is 2. The lowest BCUT2D eigenvalue weighted by atomic mass is 10.1. The number of esters is 4. The summed E-state index contributed by atoms with van der Waals surface area (Å²) >= 11 is 0. The van der Waals surface area contributed by atoms with Crippen molar-refractivity contribution in [2.24, 2.45) is 0 Å². The molecule has 0 spiro atoms. The van der Waals surface area contributed by atoms with Crippen LogP contribution in [0.5, 0.6) is 0 Å². The van der Waals surface area contributed by atoms with Gasteiger partial charge < -0.3 is 33.8 Å². The van der Waals surface area contributed by atoms with Gasteiger partial charge in [0.05, 0.1) is 26.4 Å². The molecule has 0 aromatic rings. The van der Waals surface area contributed by atoms with Crippen LogP contribution in [0, 0.1) is 0 Å². The van der Waals surface area contributed by atoms with E-state index in [9.17, 15) is 43.2 Å². The van der Waals surface area contributed by atoms with E-state index in [2.05, 4.69) is 192 Å². The van der Waals surface area contributed by atoms with Crippen molar-refractivity contribution in [2.45, 2.75) is 303 Å². The van der Waals surface area contributed by atoms with Gasteiger partial charge >= 0.3 is 39.5 Å². The molecule has 0 aliphatic heterocycles. The minimum Gasteiger partial charge on any atom is -0.462 e. The van der Waals surface area contributed by atoms with Crippen LogP contribution in [0.1, 0.15) is 285 Å². The molecule has 0 radical (unpaired) electrons. The van der Waals surface area contributed by atoms with E-state index in [0.29, 0.717) is 44.9 Å². The van der Waals surface area contributed by atoms with Gasteiger partial charge in [-0.1, -0.05) is 311 Å². The van der Waals surface area contributed by atoms with Crippen LogP contribution in [0.3, 0.4) is 0 Å². The second-order valence-electron chi connectivity index (χ2n) is 26.9. The van der Waals surface area contributed by atoms with E-state index in [1.54, 1.807) is 0 Å². The highest BCUT2D eigenvalue weighted by molar-refractivity contribution is 7.47. The van der Waals surface area contributed by atoms with Crippen LogP contribution in [0.2, 0.25) is 0 Å². The molecule has 3 N–H and O–H groups in total. The standard InChI is InChI=1S/C93H146O17P2/c1-5-9-13-17-21-25-29-33-37-40-43-46-50-54-58-62-66-70-74-78-91(96)104-84-89(110-93(98)80-76-72-68-64-60-56-52-48-45-42-39-35-31-27-23-19-15-11-7-3)86-108-112(101,102)106-82-87(94)81-105-111(99,100)107-85-88(83-103-90(95)77-73-69-65-61-57-53-49-36-32-28-24-20-16-12-8-4)109-92(97)79-75-71-67-63-59-55-51-47-44-41-38-34-30-26-22-18-14-10-6-2/h9,11,13,15,21-23,25-28,32-35,37-39,43-48,54-56,58-60,66-68,70-72,87-89,94H,5-8,10,12,14,16-20,24,29-31,36,40-42,49-53,57,61-65,69,73-86H2,1-4H3,(H,99,100)(H,101,102)/b13-9-,15-11-,25-21-,26-22-,27-23-,32-28-,37-33-,38-34-,39-35-,46-43-,47-44-,48-45-,58-54-,59-55-,60-56-,70-66-,71-67-,72-68-/t87-,88+,89+/m0/s1. The van der Waals surface area contributed by atoms with Crippen molar-refractivity contribution in [3.63, 3.8) is 0 Å². The molecule has 0 aromatic carbocycles. The monoisotopic (exact) mass is 1600 g/mol. The number of aliphatic hydroxyl groups is 1.